The Morgan fingerprint density at radius 2 is 2.31 bits per heavy atom. The van der Waals surface area contributed by atoms with Crippen molar-refractivity contribution in [3.05, 3.63) is 33.3 Å². The summed E-state index contributed by atoms with van der Waals surface area (Å²) in [4.78, 5) is 13.4. The number of halogens is 2. The van der Waals surface area contributed by atoms with Crippen molar-refractivity contribution in [2.24, 2.45) is 0 Å². The predicted octanol–water partition coefficient (Wildman–Crippen LogP) is 3.09. The normalized spacial score (nSPS) is 9.62. The van der Waals surface area contributed by atoms with Gasteiger partial charge in [-0.3, -0.25) is 4.79 Å². The highest BCUT2D eigenvalue weighted by molar-refractivity contribution is 9.10. The lowest BCUT2D eigenvalue weighted by atomic mass is 10.2. The van der Waals surface area contributed by atoms with E-state index < -0.39 is 0 Å². The summed E-state index contributed by atoms with van der Waals surface area (Å²) in [6.07, 6.45) is 0. The molecular weight excluding hydrogens is 291 g/mol. The summed E-state index contributed by atoms with van der Waals surface area (Å²) < 4.78 is 0.744. The Labute approximate surface area is 108 Å². The van der Waals surface area contributed by atoms with Gasteiger partial charge in [-0.15, -0.1) is 0 Å². The third-order valence-corrected chi connectivity index (χ3v) is 3.33. The number of carbonyl (C=O) groups excluding carboxylic acids is 1. The minimum absolute atomic E-state index is 0.0863. The highest BCUT2D eigenvalue weighted by Gasteiger charge is 2.14. The lowest BCUT2D eigenvalue weighted by molar-refractivity contribution is 0.0784. The highest BCUT2D eigenvalue weighted by Crippen LogP contribution is 2.23. The van der Waals surface area contributed by atoms with Crippen LogP contribution in [0.4, 0.5) is 0 Å². The van der Waals surface area contributed by atoms with Crippen LogP contribution in [0.15, 0.2) is 22.7 Å². The largest absolute Gasteiger partial charge is 0.326 e. The summed E-state index contributed by atoms with van der Waals surface area (Å²) in [5.41, 5.74) is 0.491. The number of benzene rings is 1. The molecule has 0 saturated heterocycles. The first-order valence-electron chi connectivity index (χ1n) is 4.71. The van der Waals surface area contributed by atoms with E-state index >= 15 is 0 Å². The fraction of sp³-hybridized carbons (Fsp3) is 0.273. The van der Waals surface area contributed by atoms with E-state index in [1.54, 1.807) is 18.2 Å². The molecule has 0 saturated carbocycles. The van der Waals surface area contributed by atoms with E-state index in [-0.39, 0.29) is 12.5 Å². The van der Waals surface area contributed by atoms with Gasteiger partial charge in [0.1, 0.15) is 6.54 Å². The predicted molar refractivity (Wildman–Crippen MR) is 66.3 cm³/mol. The Kier molecular flexibility index (Phi) is 4.78. The SMILES string of the molecule is CCN(CC#N)C(=O)c1ccc(Br)c(Cl)c1. The zero-order chi connectivity index (χ0) is 12.1. The summed E-state index contributed by atoms with van der Waals surface area (Å²) in [6, 6.07) is 6.95. The first-order valence-corrected chi connectivity index (χ1v) is 5.88. The fourth-order valence-corrected chi connectivity index (χ4v) is 1.65. The molecule has 1 aromatic carbocycles. The van der Waals surface area contributed by atoms with Gasteiger partial charge < -0.3 is 4.90 Å². The standard InChI is InChI=1S/C11H10BrClN2O/c1-2-15(6-5-14)11(16)8-3-4-9(12)10(13)7-8/h3-4,7H,2,6H2,1H3. The maximum atomic E-state index is 11.9. The molecule has 3 nitrogen and oxygen atoms in total. The molecule has 1 aromatic rings. The Balaban J connectivity index is 2.95. The molecule has 1 amide bonds. The third kappa shape index (κ3) is 2.97. The smallest absolute Gasteiger partial charge is 0.254 e. The Morgan fingerprint density at radius 3 is 2.81 bits per heavy atom. The number of amides is 1. The van der Waals surface area contributed by atoms with Crippen LogP contribution in [0.5, 0.6) is 0 Å². The maximum absolute atomic E-state index is 11.9. The topological polar surface area (TPSA) is 44.1 Å². The van der Waals surface area contributed by atoms with E-state index in [4.69, 9.17) is 16.9 Å². The monoisotopic (exact) mass is 300 g/mol. The van der Waals surface area contributed by atoms with Crippen LogP contribution in [0.1, 0.15) is 17.3 Å². The molecule has 0 atom stereocenters. The van der Waals surface area contributed by atoms with Gasteiger partial charge in [0.15, 0.2) is 0 Å². The molecule has 0 aliphatic heterocycles. The van der Waals surface area contributed by atoms with Gasteiger partial charge in [0.25, 0.3) is 5.91 Å². The summed E-state index contributed by atoms with van der Waals surface area (Å²) in [6.45, 7) is 2.42. The van der Waals surface area contributed by atoms with Crippen LogP contribution < -0.4 is 0 Å². The first-order chi connectivity index (χ1) is 7.60. The second-order valence-electron chi connectivity index (χ2n) is 3.11. The molecule has 5 heteroatoms. The molecule has 0 spiro atoms. The van der Waals surface area contributed by atoms with E-state index in [2.05, 4.69) is 15.9 Å². The van der Waals surface area contributed by atoms with Crippen molar-refractivity contribution in [2.75, 3.05) is 13.1 Å². The average molecular weight is 302 g/mol. The van der Waals surface area contributed by atoms with E-state index in [1.165, 1.54) is 4.90 Å². The van der Waals surface area contributed by atoms with Crippen LogP contribution in [0, 0.1) is 11.3 Å². The molecule has 84 valence electrons. The Bertz CT molecular complexity index is 442. The number of nitrogens with zero attached hydrogens (tertiary/aromatic N) is 2. The van der Waals surface area contributed by atoms with Gasteiger partial charge in [-0.1, -0.05) is 11.6 Å². The van der Waals surface area contributed by atoms with Crippen LogP contribution in [0.25, 0.3) is 0 Å². The minimum atomic E-state index is -0.182. The quantitative estimate of drug-likeness (QED) is 0.805. The number of rotatable bonds is 3. The van der Waals surface area contributed by atoms with E-state index in [9.17, 15) is 4.79 Å². The molecular formula is C11H10BrClN2O. The van der Waals surface area contributed by atoms with E-state index in [1.807, 2.05) is 13.0 Å². The highest BCUT2D eigenvalue weighted by atomic mass is 79.9. The van der Waals surface area contributed by atoms with Gasteiger partial charge in [0.2, 0.25) is 0 Å². The van der Waals surface area contributed by atoms with Crippen molar-refractivity contribution in [3.8, 4) is 6.07 Å². The molecule has 0 aliphatic rings. The number of nitriles is 1. The zero-order valence-electron chi connectivity index (χ0n) is 8.70. The Morgan fingerprint density at radius 1 is 1.62 bits per heavy atom. The lowest BCUT2D eigenvalue weighted by Gasteiger charge is -2.17. The average Bonchev–Trinajstić information content (AvgIpc) is 2.28. The molecule has 0 unspecified atom stereocenters. The lowest BCUT2D eigenvalue weighted by Crippen LogP contribution is -2.31. The zero-order valence-corrected chi connectivity index (χ0v) is 11.0. The van der Waals surface area contributed by atoms with E-state index in [0.29, 0.717) is 17.1 Å². The molecule has 0 radical (unpaired) electrons. The Hall–Kier alpha value is -1.05. The molecule has 0 fully saturated rings. The molecule has 0 N–H and O–H groups in total. The molecule has 0 aliphatic carbocycles. The van der Waals surface area contributed by atoms with Crippen molar-refractivity contribution in [1.82, 2.24) is 4.90 Å². The number of hydrogen-bond donors (Lipinski definition) is 0. The second kappa shape index (κ2) is 5.88. The molecule has 16 heavy (non-hydrogen) atoms. The molecule has 1 rings (SSSR count). The van der Waals surface area contributed by atoms with Crippen molar-refractivity contribution in [3.63, 3.8) is 0 Å². The summed E-state index contributed by atoms with van der Waals surface area (Å²) in [7, 11) is 0. The van der Waals surface area contributed by atoms with Crippen molar-refractivity contribution in [2.45, 2.75) is 6.92 Å². The molecule has 0 aromatic heterocycles. The van der Waals surface area contributed by atoms with Crippen LogP contribution in [-0.4, -0.2) is 23.9 Å². The fourth-order valence-electron chi connectivity index (χ4n) is 1.22. The first kappa shape index (κ1) is 13.0. The van der Waals surface area contributed by atoms with Crippen molar-refractivity contribution >= 4 is 33.4 Å². The van der Waals surface area contributed by atoms with Gasteiger partial charge in [0.05, 0.1) is 11.1 Å². The van der Waals surface area contributed by atoms with Gasteiger partial charge in [0, 0.05) is 16.6 Å². The van der Waals surface area contributed by atoms with Crippen molar-refractivity contribution in [1.29, 1.82) is 5.26 Å². The van der Waals surface area contributed by atoms with Crippen LogP contribution in [0.2, 0.25) is 5.02 Å². The van der Waals surface area contributed by atoms with E-state index in [0.717, 1.165) is 4.47 Å². The van der Waals surface area contributed by atoms with Gasteiger partial charge in [-0.05, 0) is 41.1 Å². The second-order valence-corrected chi connectivity index (χ2v) is 4.37. The summed E-state index contributed by atoms with van der Waals surface area (Å²) >= 11 is 9.15. The summed E-state index contributed by atoms with van der Waals surface area (Å²) in [5.74, 6) is -0.182. The van der Waals surface area contributed by atoms with Gasteiger partial charge in [-0.25, -0.2) is 0 Å². The van der Waals surface area contributed by atoms with Gasteiger partial charge in [-0.2, -0.15) is 5.26 Å². The van der Waals surface area contributed by atoms with Crippen molar-refractivity contribution < 1.29 is 4.79 Å². The number of carbonyl (C=O) groups is 1. The van der Waals surface area contributed by atoms with Gasteiger partial charge >= 0.3 is 0 Å². The molecule has 0 bridgehead atoms. The third-order valence-electron chi connectivity index (χ3n) is 2.10. The van der Waals surface area contributed by atoms with Crippen LogP contribution in [0.3, 0.4) is 0 Å². The molecule has 0 heterocycles. The minimum Gasteiger partial charge on any atom is -0.326 e. The maximum Gasteiger partial charge on any atom is 0.254 e. The van der Waals surface area contributed by atoms with Crippen LogP contribution in [-0.2, 0) is 0 Å². The number of hydrogen-bond acceptors (Lipinski definition) is 2. The van der Waals surface area contributed by atoms with Crippen LogP contribution >= 0.6 is 27.5 Å². The summed E-state index contributed by atoms with van der Waals surface area (Å²) in [5, 5.41) is 9.07.